The van der Waals surface area contributed by atoms with E-state index in [0.29, 0.717) is 19.1 Å². The number of nitrogens with one attached hydrogen (secondary N) is 1. The predicted molar refractivity (Wildman–Crippen MR) is 84.9 cm³/mol. The highest BCUT2D eigenvalue weighted by Crippen LogP contribution is 2.15. The molecule has 0 aliphatic heterocycles. The van der Waals surface area contributed by atoms with Gasteiger partial charge in [-0.1, -0.05) is 23.8 Å². The minimum absolute atomic E-state index is 0.513. The lowest BCUT2D eigenvalue weighted by Crippen LogP contribution is -2.06. The van der Waals surface area contributed by atoms with Crippen molar-refractivity contribution in [1.29, 1.82) is 0 Å². The van der Waals surface area contributed by atoms with Gasteiger partial charge >= 0.3 is 0 Å². The third kappa shape index (κ3) is 4.76. The highest BCUT2D eigenvalue weighted by atomic mass is 16.5. The fourth-order valence-electron chi connectivity index (χ4n) is 2.04. The van der Waals surface area contributed by atoms with Crippen LogP contribution >= 0.6 is 0 Å². The van der Waals surface area contributed by atoms with Crippen molar-refractivity contribution in [2.75, 3.05) is 25.6 Å². The number of benzene rings is 1. The number of aromatic nitrogens is 1. The molecular weight excluding hydrogens is 264 g/mol. The van der Waals surface area contributed by atoms with Crippen molar-refractivity contribution in [2.24, 2.45) is 0 Å². The topological polar surface area (TPSA) is 43.4 Å². The Labute approximate surface area is 126 Å². The van der Waals surface area contributed by atoms with Gasteiger partial charge in [-0.25, -0.2) is 4.98 Å². The Bertz CT molecular complexity index is 568. The summed E-state index contributed by atoms with van der Waals surface area (Å²) >= 11 is 0. The van der Waals surface area contributed by atoms with Gasteiger partial charge in [-0.05, 0) is 31.0 Å². The summed E-state index contributed by atoms with van der Waals surface area (Å²) in [5.74, 6) is 0.615. The number of hydrogen-bond acceptors (Lipinski definition) is 4. The van der Waals surface area contributed by atoms with Gasteiger partial charge in [0.15, 0.2) is 0 Å². The zero-order valence-corrected chi connectivity index (χ0v) is 12.8. The number of methoxy groups -OCH3 is 1. The van der Waals surface area contributed by atoms with Crippen molar-refractivity contribution in [3.63, 3.8) is 0 Å². The molecule has 4 nitrogen and oxygen atoms in total. The average molecular weight is 286 g/mol. The van der Waals surface area contributed by atoms with Gasteiger partial charge in [-0.2, -0.15) is 0 Å². The molecule has 1 aromatic heterocycles. The second kappa shape index (κ2) is 7.64. The largest absolute Gasteiger partial charge is 0.475 e. The van der Waals surface area contributed by atoms with Gasteiger partial charge in [0.05, 0.1) is 18.5 Å². The van der Waals surface area contributed by atoms with E-state index in [4.69, 9.17) is 9.47 Å². The first-order valence-electron chi connectivity index (χ1n) is 7.07. The third-order valence-electron chi connectivity index (χ3n) is 3.25. The molecule has 0 radical (unpaired) electrons. The number of aryl methyl sites for hydroxylation is 2. The van der Waals surface area contributed by atoms with Crippen LogP contribution < -0.4 is 10.1 Å². The van der Waals surface area contributed by atoms with E-state index in [9.17, 15) is 0 Å². The number of pyridine rings is 1. The average Bonchev–Trinajstić information content (AvgIpc) is 2.48. The molecule has 0 aliphatic carbocycles. The normalized spacial score (nSPS) is 10.4. The van der Waals surface area contributed by atoms with Crippen molar-refractivity contribution >= 4 is 5.69 Å². The van der Waals surface area contributed by atoms with Gasteiger partial charge in [-0.3, -0.25) is 0 Å². The van der Waals surface area contributed by atoms with E-state index < -0.39 is 0 Å². The summed E-state index contributed by atoms with van der Waals surface area (Å²) in [6, 6.07) is 10.3. The smallest absolute Gasteiger partial charge is 0.213 e. The van der Waals surface area contributed by atoms with Crippen molar-refractivity contribution in [3.05, 3.63) is 53.2 Å². The Hall–Kier alpha value is -2.07. The number of nitrogens with zero attached hydrogens (tertiary/aromatic N) is 1. The van der Waals surface area contributed by atoms with Gasteiger partial charge in [0.2, 0.25) is 5.88 Å². The molecule has 0 fully saturated rings. The van der Waals surface area contributed by atoms with Crippen LogP contribution in [0.2, 0.25) is 0 Å². The molecule has 4 heteroatoms. The second-order valence-corrected chi connectivity index (χ2v) is 5.01. The number of anilines is 1. The standard InChI is InChI=1S/C17H22N2O2/c1-13-4-5-15(14(2)10-13)11-18-16-6-7-17(19-12-16)21-9-8-20-3/h4-7,10,12,18H,8-9,11H2,1-3H3. The van der Waals surface area contributed by atoms with Gasteiger partial charge < -0.3 is 14.8 Å². The van der Waals surface area contributed by atoms with Crippen molar-refractivity contribution in [3.8, 4) is 5.88 Å². The third-order valence-corrected chi connectivity index (χ3v) is 3.25. The summed E-state index contributed by atoms with van der Waals surface area (Å²) in [4.78, 5) is 4.26. The zero-order chi connectivity index (χ0) is 15.1. The Morgan fingerprint density at radius 3 is 2.62 bits per heavy atom. The molecule has 1 heterocycles. The van der Waals surface area contributed by atoms with E-state index in [1.807, 2.05) is 12.1 Å². The molecule has 21 heavy (non-hydrogen) atoms. The Morgan fingerprint density at radius 2 is 1.95 bits per heavy atom. The molecule has 2 aromatic rings. The van der Waals surface area contributed by atoms with Gasteiger partial charge in [0.25, 0.3) is 0 Å². The summed E-state index contributed by atoms with van der Waals surface area (Å²) in [6.07, 6.45) is 1.78. The van der Waals surface area contributed by atoms with Crippen molar-refractivity contribution < 1.29 is 9.47 Å². The monoisotopic (exact) mass is 286 g/mol. The maximum Gasteiger partial charge on any atom is 0.213 e. The maximum absolute atomic E-state index is 5.43. The predicted octanol–water partition coefficient (Wildman–Crippen LogP) is 3.34. The first-order valence-corrected chi connectivity index (χ1v) is 7.07. The Balaban J connectivity index is 1.88. The van der Waals surface area contributed by atoms with Gasteiger partial charge in [-0.15, -0.1) is 0 Å². The Kier molecular flexibility index (Phi) is 5.58. The molecule has 1 aromatic carbocycles. The number of hydrogen-bond donors (Lipinski definition) is 1. The van der Waals surface area contributed by atoms with Crippen molar-refractivity contribution in [1.82, 2.24) is 4.98 Å². The lowest BCUT2D eigenvalue weighted by Gasteiger charge is -2.10. The second-order valence-electron chi connectivity index (χ2n) is 5.01. The highest BCUT2D eigenvalue weighted by Gasteiger charge is 2.00. The lowest BCUT2D eigenvalue weighted by molar-refractivity contribution is 0.144. The number of ether oxygens (including phenoxy) is 2. The van der Waals surface area contributed by atoms with Crippen LogP contribution in [-0.4, -0.2) is 25.3 Å². The minimum Gasteiger partial charge on any atom is -0.475 e. The van der Waals surface area contributed by atoms with Gasteiger partial charge in [0, 0.05) is 19.7 Å². The molecule has 0 saturated carbocycles. The van der Waals surface area contributed by atoms with E-state index in [1.165, 1.54) is 16.7 Å². The van der Waals surface area contributed by atoms with E-state index in [-0.39, 0.29) is 0 Å². The van der Waals surface area contributed by atoms with Gasteiger partial charge in [0.1, 0.15) is 6.61 Å². The van der Waals surface area contributed by atoms with Crippen LogP contribution in [0.15, 0.2) is 36.5 Å². The minimum atomic E-state index is 0.513. The summed E-state index contributed by atoms with van der Waals surface area (Å²) in [5.41, 5.74) is 4.86. The SMILES string of the molecule is COCCOc1ccc(NCc2ccc(C)cc2C)cn1. The molecule has 0 atom stereocenters. The first kappa shape index (κ1) is 15.3. The van der Waals surface area contributed by atoms with Crippen molar-refractivity contribution in [2.45, 2.75) is 20.4 Å². The highest BCUT2D eigenvalue weighted by molar-refractivity contribution is 5.43. The van der Waals surface area contributed by atoms with E-state index >= 15 is 0 Å². The quantitative estimate of drug-likeness (QED) is 0.793. The summed E-state index contributed by atoms with van der Waals surface area (Å²) in [6.45, 7) is 6.11. The molecule has 0 spiro atoms. The summed E-state index contributed by atoms with van der Waals surface area (Å²) in [7, 11) is 1.65. The zero-order valence-electron chi connectivity index (χ0n) is 12.8. The van der Waals surface area contributed by atoms with E-state index in [0.717, 1.165) is 12.2 Å². The molecule has 0 amide bonds. The fraction of sp³-hybridized carbons (Fsp3) is 0.353. The van der Waals surface area contributed by atoms with Crippen LogP contribution in [0.3, 0.4) is 0 Å². The molecule has 0 aliphatic rings. The molecule has 0 unspecified atom stereocenters. The van der Waals surface area contributed by atoms with E-state index in [1.54, 1.807) is 13.3 Å². The van der Waals surface area contributed by atoms with Crippen LogP contribution in [-0.2, 0) is 11.3 Å². The van der Waals surface area contributed by atoms with Crippen LogP contribution in [0.1, 0.15) is 16.7 Å². The molecule has 0 bridgehead atoms. The van der Waals surface area contributed by atoms with Crippen LogP contribution in [0.5, 0.6) is 5.88 Å². The molecular formula is C17H22N2O2. The number of rotatable bonds is 7. The molecule has 0 saturated heterocycles. The lowest BCUT2D eigenvalue weighted by atomic mass is 10.1. The van der Waals surface area contributed by atoms with Crippen LogP contribution in [0.25, 0.3) is 0 Å². The maximum atomic E-state index is 5.43. The van der Waals surface area contributed by atoms with E-state index in [2.05, 4.69) is 42.3 Å². The Morgan fingerprint density at radius 1 is 1.10 bits per heavy atom. The summed E-state index contributed by atoms with van der Waals surface area (Å²) in [5, 5.41) is 3.37. The van der Waals surface area contributed by atoms with Crippen LogP contribution in [0, 0.1) is 13.8 Å². The summed E-state index contributed by atoms with van der Waals surface area (Å²) < 4.78 is 10.4. The first-order chi connectivity index (χ1) is 10.2. The van der Waals surface area contributed by atoms with Crippen LogP contribution in [0.4, 0.5) is 5.69 Å². The molecule has 1 N–H and O–H groups in total. The molecule has 112 valence electrons. The molecule has 2 rings (SSSR count). The fourth-order valence-corrected chi connectivity index (χ4v) is 2.04.